The van der Waals surface area contributed by atoms with E-state index in [2.05, 4.69) is 25.2 Å². The predicted octanol–water partition coefficient (Wildman–Crippen LogP) is 5.24. The number of ether oxygens (including phenoxy) is 1. The number of hydrogen-bond donors (Lipinski definition) is 2. The van der Waals surface area contributed by atoms with Crippen LogP contribution in [0.15, 0.2) is 42.6 Å². The molecule has 3 aromatic rings. The van der Waals surface area contributed by atoms with Crippen molar-refractivity contribution < 1.29 is 27.8 Å². The van der Waals surface area contributed by atoms with Gasteiger partial charge in [0.05, 0.1) is 41.2 Å². The van der Waals surface area contributed by atoms with Gasteiger partial charge in [-0.2, -0.15) is 18.2 Å². The number of benzene rings is 1. The van der Waals surface area contributed by atoms with E-state index in [9.17, 15) is 23.1 Å². The summed E-state index contributed by atoms with van der Waals surface area (Å²) in [6, 6.07) is 7.24. The molecule has 0 unspecified atom stereocenters. The lowest BCUT2D eigenvalue weighted by Gasteiger charge is -2.36. The van der Waals surface area contributed by atoms with Crippen LogP contribution in [-0.4, -0.2) is 58.4 Å². The van der Waals surface area contributed by atoms with Crippen molar-refractivity contribution in [3.8, 4) is 17.3 Å². The lowest BCUT2D eigenvalue weighted by atomic mass is 9.97. The zero-order valence-electron chi connectivity index (χ0n) is 21.2. The maximum absolute atomic E-state index is 13.6. The molecule has 9 nitrogen and oxygen atoms in total. The first-order chi connectivity index (χ1) is 18.4. The van der Waals surface area contributed by atoms with E-state index in [4.69, 9.17) is 16.3 Å². The number of halogens is 4. The van der Waals surface area contributed by atoms with Gasteiger partial charge in [0.25, 0.3) is 0 Å². The molecule has 2 N–H and O–H groups in total. The lowest BCUT2D eigenvalue weighted by molar-refractivity contribution is -0.137. The SMILES string of the molecule is CC(C)(CO)COc1nccc(NC(=O)N2c3nc(-c4cccc(C(F)(F)F)c4)c(Cl)cc3N3CC[C@H]2C3)n1. The summed E-state index contributed by atoms with van der Waals surface area (Å²) in [6.07, 6.45) is -2.41. The molecule has 0 radical (unpaired) electrons. The van der Waals surface area contributed by atoms with Crippen LogP contribution in [0, 0.1) is 5.41 Å². The number of alkyl halides is 3. The van der Waals surface area contributed by atoms with Crippen LogP contribution >= 0.6 is 11.6 Å². The second-order valence-electron chi connectivity index (χ2n) is 10.3. The summed E-state index contributed by atoms with van der Waals surface area (Å²) in [5, 5.41) is 12.4. The minimum atomic E-state index is -4.53. The average Bonchev–Trinajstić information content (AvgIpc) is 3.32. The summed E-state index contributed by atoms with van der Waals surface area (Å²) < 4.78 is 45.6. The molecule has 2 amide bonds. The van der Waals surface area contributed by atoms with Gasteiger partial charge in [0, 0.05) is 30.3 Å². The fraction of sp³-hybridized carbons (Fsp3) is 0.385. The van der Waals surface area contributed by atoms with E-state index < -0.39 is 23.2 Å². The van der Waals surface area contributed by atoms with E-state index >= 15 is 0 Å². The van der Waals surface area contributed by atoms with Gasteiger partial charge in [-0.1, -0.05) is 37.6 Å². The summed E-state index contributed by atoms with van der Waals surface area (Å²) in [4.78, 5) is 30.0. The zero-order chi connectivity index (χ0) is 27.9. The molecule has 2 aromatic heterocycles. The zero-order valence-corrected chi connectivity index (χ0v) is 21.9. The number of urea groups is 1. The molecule has 2 bridgehead atoms. The van der Waals surface area contributed by atoms with Gasteiger partial charge in [-0.05, 0) is 30.7 Å². The number of amides is 2. The summed E-state index contributed by atoms with van der Waals surface area (Å²) in [6.45, 7) is 4.97. The molecule has 1 fully saturated rings. The molecule has 2 aliphatic heterocycles. The largest absolute Gasteiger partial charge is 0.463 e. The van der Waals surface area contributed by atoms with Crippen molar-refractivity contribution in [1.82, 2.24) is 15.0 Å². The standard InChI is InChI=1S/C26H26ClF3N6O3/c1-25(2,13-37)14-39-23-31-8-6-20(32-23)33-24(38)36-17-7-9-35(12-17)19-11-18(27)21(34-22(19)36)15-4-3-5-16(10-15)26(28,29)30/h3-6,8,10-11,17,37H,7,9,12-14H2,1-2H3,(H,31,32,33,38)/t17-/m0/s1. The van der Waals surface area contributed by atoms with Crippen LogP contribution in [0.25, 0.3) is 11.3 Å². The third kappa shape index (κ3) is 5.57. The number of fused-ring (bicyclic) bond motifs is 4. The number of aliphatic hydroxyl groups excluding tert-OH is 1. The van der Waals surface area contributed by atoms with Gasteiger partial charge in [-0.3, -0.25) is 10.2 Å². The molecular weight excluding hydrogens is 537 g/mol. The maximum atomic E-state index is 13.6. The third-order valence-electron chi connectivity index (χ3n) is 6.60. The highest BCUT2D eigenvalue weighted by molar-refractivity contribution is 6.33. The fourth-order valence-corrected chi connectivity index (χ4v) is 4.74. The number of pyridine rings is 1. The van der Waals surface area contributed by atoms with Crippen LogP contribution in [0.2, 0.25) is 5.02 Å². The van der Waals surface area contributed by atoms with Crippen LogP contribution in [-0.2, 0) is 6.18 Å². The van der Waals surface area contributed by atoms with E-state index in [0.29, 0.717) is 31.0 Å². The first-order valence-electron chi connectivity index (χ1n) is 12.3. The topological polar surface area (TPSA) is 104 Å². The first kappa shape index (κ1) is 26.9. The minimum Gasteiger partial charge on any atom is -0.463 e. The third-order valence-corrected chi connectivity index (χ3v) is 6.89. The van der Waals surface area contributed by atoms with Crippen molar-refractivity contribution in [2.75, 3.05) is 41.4 Å². The van der Waals surface area contributed by atoms with E-state index in [1.807, 2.05) is 13.8 Å². The number of hydrogen-bond acceptors (Lipinski definition) is 7. The Hall–Kier alpha value is -3.64. The Balaban J connectivity index is 1.45. The molecule has 4 heterocycles. The predicted molar refractivity (Wildman–Crippen MR) is 140 cm³/mol. The normalized spacial score (nSPS) is 16.7. The summed E-state index contributed by atoms with van der Waals surface area (Å²) >= 11 is 6.51. The van der Waals surface area contributed by atoms with Crippen molar-refractivity contribution in [1.29, 1.82) is 0 Å². The van der Waals surface area contributed by atoms with Crippen molar-refractivity contribution in [2.45, 2.75) is 32.5 Å². The second-order valence-corrected chi connectivity index (χ2v) is 10.7. The fourth-order valence-electron chi connectivity index (χ4n) is 4.49. The molecule has 206 valence electrons. The number of nitrogens with one attached hydrogen (secondary N) is 1. The van der Waals surface area contributed by atoms with Crippen LogP contribution < -0.4 is 19.9 Å². The van der Waals surface area contributed by atoms with E-state index in [-0.39, 0.29) is 47.4 Å². The van der Waals surface area contributed by atoms with Crippen molar-refractivity contribution in [3.63, 3.8) is 0 Å². The molecule has 5 rings (SSSR count). The summed E-state index contributed by atoms with van der Waals surface area (Å²) in [5.74, 6) is 0.495. The van der Waals surface area contributed by atoms with Crippen molar-refractivity contribution in [3.05, 3.63) is 53.2 Å². The highest BCUT2D eigenvalue weighted by atomic mass is 35.5. The van der Waals surface area contributed by atoms with Crippen molar-refractivity contribution in [2.24, 2.45) is 5.41 Å². The van der Waals surface area contributed by atoms with E-state index in [0.717, 1.165) is 12.1 Å². The lowest BCUT2D eigenvalue weighted by Crippen LogP contribution is -2.48. The van der Waals surface area contributed by atoms with Crippen molar-refractivity contribution >= 4 is 35.0 Å². The van der Waals surface area contributed by atoms with Crippen LogP contribution in [0.1, 0.15) is 25.8 Å². The van der Waals surface area contributed by atoms with Gasteiger partial charge in [-0.15, -0.1) is 0 Å². The quantitative estimate of drug-likeness (QED) is 0.423. The van der Waals surface area contributed by atoms with Crippen LogP contribution in [0.4, 0.5) is 35.3 Å². The number of anilines is 3. The smallest absolute Gasteiger partial charge is 0.416 e. The molecule has 13 heteroatoms. The van der Waals surface area contributed by atoms with E-state index in [1.165, 1.54) is 29.3 Å². The molecular formula is C26H26ClF3N6O3. The Bertz CT molecular complexity index is 1400. The minimum absolute atomic E-state index is 0.0390. The van der Waals surface area contributed by atoms with Gasteiger partial charge >= 0.3 is 18.2 Å². The molecule has 1 aromatic carbocycles. The summed E-state index contributed by atoms with van der Waals surface area (Å²) in [7, 11) is 0. The number of aliphatic hydroxyl groups is 1. The monoisotopic (exact) mass is 562 g/mol. The van der Waals surface area contributed by atoms with Gasteiger partial charge in [0.2, 0.25) is 0 Å². The van der Waals surface area contributed by atoms with Gasteiger partial charge in [0.1, 0.15) is 5.82 Å². The molecule has 2 aliphatic rings. The number of rotatable bonds is 6. The summed E-state index contributed by atoms with van der Waals surface area (Å²) in [5.41, 5.74) is -0.366. The number of carbonyl (C=O) groups excluding carboxylic acids is 1. The Morgan fingerprint density at radius 2 is 2.03 bits per heavy atom. The number of nitrogens with zero attached hydrogens (tertiary/aromatic N) is 5. The highest BCUT2D eigenvalue weighted by Crippen LogP contribution is 2.43. The highest BCUT2D eigenvalue weighted by Gasteiger charge is 2.41. The maximum Gasteiger partial charge on any atom is 0.416 e. The van der Waals surface area contributed by atoms with Gasteiger partial charge < -0.3 is 14.7 Å². The van der Waals surface area contributed by atoms with Gasteiger partial charge in [-0.25, -0.2) is 14.8 Å². The second kappa shape index (κ2) is 10.2. The number of aromatic nitrogens is 3. The van der Waals surface area contributed by atoms with E-state index in [1.54, 1.807) is 6.07 Å². The Morgan fingerprint density at radius 3 is 2.77 bits per heavy atom. The molecule has 1 atom stereocenters. The average molecular weight is 563 g/mol. The Kier molecular flexibility index (Phi) is 7.02. The number of carbonyl (C=O) groups is 1. The molecule has 0 saturated carbocycles. The molecule has 1 saturated heterocycles. The van der Waals surface area contributed by atoms with Gasteiger partial charge in [0.15, 0.2) is 5.82 Å². The molecule has 0 spiro atoms. The Labute approximate surface area is 227 Å². The molecule has 39 heavy (non-hydrogen) atoms. The molecule has 0 aliphatic carbocycles. The van der Waals surface area contributed by atoms with Crippen LogP contribution in [0.5, 0.6) is 6.01 Å². The first-order valence-corrected chi connectivity index (χ1v) is 12.6. The van der Waals surface area contributed by atoms with Crippen LogP contribution in [0.3, 0.4) is 0 Å². The Morgan fingerprint density at radius 1 is 1.23 bits per heavy atom.